The highest BCUT2D eigenvalue weighted by molar-refractivity contribution is 6.05. The van der Waals surface area contributed by atoms with Crippen molar-refractivity contribution in [3.8, 4) is 0 Å². The van der Waals surface area contributed by atoms with Crippen molar-refractivity contribution < 1.29 is 14.5 Å². The standard InChI is InChI=1S/C24H21N3O4/c28-23(20-9-5-2-6-10-20)26-22(17-19-11-13-21(14-12-19)27(30)31)24(29)25-16-15-18-7-3-1-4-8-18/h1-14,17H,15-16H2,(H,25,29)(H,26,28)/b22-17-. The molecule has 0 aliphatic rings. The first-order valence-corrected chi connectivity index (χ1v) is 9.67. The molecule has 2 N–H and O–H groups in total. The molecular formula is C24H21N3O4. The van der Waals surface area contributed by atoms with E-state index in [-0.39, 0.29) is 11.4 Å². The molecule has 7 nitrogen and oxygen atoms in total. The van der Waals surface area contributed by atoms with Crippen molar-refractivity contribution in [2.75, 3.05) is 6.54 Å². The predicted octanol–water partition coefficient (Wildman–Crippen LogP) is 3.72. The number of amides is 2. The summed E-state index contributed by atoms with van der Waals surface area (Å²) < 4.78 is 0. The van der Waals surface area contributed by atoms with E-state index < -0.39 is 16.7 Å². The van der Waals surface area contributed by atoms with Crippen LogP contribution in [-0.4, -0.2) is 23.3 Å². The average molecular weight is 415 g/mol. The molecule has 0 heterocycles. The summed E-state index contributed by atoms with van der Waals surface area (Å²) in [4.78, 5) is 35.7. The van der Waals surface area contributed by atoms with E-state index in [4.69, 9.17) is 0 Å². The zero-order valence-corrected chi connectivity index (χ0v) is 16.7. The average Bonchev–Trinajstić information content (AvgIpc) is 2.80. The summed E-state index contributed by atoms with van der Waals surface area (Å²) >= 11 is 0. The highest BCUT2D eigenvalue weighted by Gasteiger charge is 2.15. The highest BCUT2D eigenvalue weighted by atomic mass is 16.6. The van der Waals surface area contributed by atoms with Crippen molar-refractivity contribution in [3.05, 3.63) is 117 Å². The van der Waals surface area contributed by atoms with Gasteiger partial charge >= 0.3 is 0 Å². The number of non-ortho nitro benzene ring substituents is 1. The third-order valence-corrected chi connectivity index (χ3v) is 4.49. The molecule has 0 bridgehead atoms. The molecule has 0 aliphatic heterocycles. The molecule has 0 aliphatic carbocycles. The summed E-state index contributed by atoms with van der Waals surface area (Å²) in [5, 5.41) is 16.3. The monoisotopic (exact) mass is 415 g/mol. The molecule has 0 fully saturated rings. The van der Waals surface area contributed by atoms with Crippen LogP contribution in [0.15, 0.2) is 90.6 Å². The molecule has 3 aromatic carbocycles. The summed E-state index contributed by atoms with van der Waals surface area (Å²) in [5.41, 5.74) is 2.04. The van der Waals surface area contributed by atoms with Gasteiger partial charge in [-0.25, -0.2) is 0 Å². The van der Waals surface area contributed by atoms with Crippen LogP contribution in [0.5, 0.6) is 0 Å². The summed E-state index contributed by atoms with van der Waals surface area (Å²) in [7, 11) is 0. The minimum Gasteiger partial charge on any atom is -0.350 e. The summed E-state index contributed by atoms with van der Waals surface area (Å²) in [6.45, 7) is 0.391. The molecule has 0 aromatic heterocycles. The molecule has 7 heteroatoms. The van der Waals surface area contributed by atoms with Crippen molar-refractivity contribution in [2.24, 2.45) is 0 Å². The van der Waals surface area contributed by atoms with Gasteiger partial charge in [0.25, 0.3) is 17.5 Å². The van der Waals surface area contributed by atoms with E-state index in [9.17, 15) is 19.7 Å². The highest BCUT2D eigenvalue weighted by Crippen LogP contribution is 2.14. The smallest absolute Gasteiger partial charge is 0.269 e. The quantitative estimate of drug-likeness (QED) is 0.333. The Bertz CT molecular complexity index is 1080. The Morgan fingerprint density at radius 2 is 1.48 bits per heavy atom. The van der Waals surface area contributed by atoms with Gasteiger partial charge in [-0.15, -0.1) is 0 Å². The Morgan fingerprint density at radius 1 is 0.871 bits per heavy atom. The van der Waals surface area contributed by atoms with Gasteiger partial charge in [-0.1, -0.05) is 48.5 Å². The third kappa shape index (κ3) is 6.37. The van der Waals surface area contributed by atoms with Crippen molar-refractivity contribution in [1.29, 1.82) is 0 Å². The van der Waals surface area contributed by atoms with Crippen LogP contribution < -0.4 is 10.6 Å². The second kappa shape index (κ2) is 10.5. The lowest BCUT2D eigenvalue weighted by atomic mass is 10.1. The van der Waals surface area contributed by atoms with Gasteiger partial charge in [-0.2, -0.15) is 0 Å². The van der Waals surface area contributed by atoms with E-state index in [0.29, 0.717) is 24.1 Å². The molecule has 3 rings (SSSR count). The maximum atomic E-state index is 12.8. The molecule has 0 atom stereocenters. The Balaban J connectivity index is 1.76. The maximum absolute atomic E-state index is 12.8. The van der Waals surface area contributed by atoms with Gasteiger partial charge in [0.1, 0.15) is 5.70 Å². The van der Waals surface area contributed by atoms with Gasteiger partial charge in [-0.05, 0) is 47.9 Å². The number of nitro benzene ring substituents is 1. The largest absolute Gasteiger partial charge is 0.350 e. The summed E-state index contributed by atoms with van der Waals surface area (Å²) in [6.07, 6.45) is 2.13. The molecule has 0 unspecified atom stereocenters. The zero-order valence-electron chi connectivity index (χ0n) is 16.7. The fourth-order valence-electron chi connectivity index (χ4n) is 2.86. The van der Waals surface area contributed by atoms with E-state index in [1.165, 1.54) is 30.3 Å². The third-order valence-electron chi connectivity index (χ3n) is 4.49. The topological polar surface area (TPSA) is 101 Å². The van der Waals surface area contributed by atoms with E-state index in [2.05, 4.69) is 10.6 Å². The SMILES string of the molecule is O=C(NCCc1ccccc1)/C(=C/c1ccc([N+](=O)[O-])cc1)NC(=O)c1ccccc1. The minimum absolute atomic E-state index is 0.0516. The van der Waals surface area contributed by atoms with Gasteiger partial charge in [-0.3, -0.25) is 19.7 Å². The Hall–Kier alpha value is -4.26. The van der Waals surface area contributed by atoms with Crippen LogP contribution >= 0.6 is 0 Å². The normalized spacial score (nSPS) is 10.9. The van der Waals surface area contributed by atoms with Gasteiger partial charge in [0.05, 0.1) is 4.92 Å². The van der Waals surface area contributed by atoms with Crippen LogP contribution in [0, 0.1) is 10.1 Å². The lowest BCUT2D eigenvalue weighted by molar-refractivity contribution is -0.384. The maximum Gasteiger partial charge on any atom is 0.269 e. The Morgan fingerprint density at radius 3 is 2.10 bits per heavy atom. The number of nitro groups is 1. The molecule has 0 radical (unpaired) electrons. The van der Waals surface area contributed by atoms with Gasteiger partial charge in [0.15, 0.2) is 0 Å². The Kier molecular flexibility index (Phi) is 7.26. The second-order valence-electron chi connectivity index (χ2n) is 6.72. The van der Waals surface area contributed by atoms with E-state index in [1.807, 2.05) is 30.3 Å². The molecule has 0 saturated heterocycles. The first-order valence-electron chi connectivity index (χ1n) is 9.67. The lowest BCUT2D eigenvalue weighted by Crippen LogP contribution is -2.35. The molecule has 3 aromatic rings. The number of benzene rings is 3. The van der Waals surface area contributed by atoms with Crippen molar-refractivity contribution in [2.45, 2.75) is 6.42 Å². The number of rotatable bonds is 8. The number of hydrogen-bond donors (Lipinski definition) is 2. The van der Waals surface area contributed by atoms with Crippen molar-refractivity contribution in [3.63, 3.8) is 0 Å². The van der Waals surface area contributed by atoms with Crippen LogP contribution in [0.4, 0.5) is 5.69 Å². The fourth-order valence-corrected chi connectivity index (χ4v) is 2.86. The number of nitrogens with one attached hydrogen (secondary N) is 2. The van der Waals surface area contributed by atoms with Gasteiger partial charge in [0.2, 0.25) is 0 Å². The van der Waals surface area contributed by atoms with Gasteiger partial charge in [0, 0.05) is 24.2 Å². The second-order valence-corrected chi connectivity index (χ2v) is 6.72. The van der Waals surface area contributed by atoms with Crippen molar-refractivity contribution >= 4 is 23.6 Å². The van der Waals surface area contributed by atoms with Crippen LogP contribution in [-0.2, 0) is 11.2 Å². The Labute approximate surface area is 179 Å². The van der Waals surface area contributed by atoms with Gasteiger partial charge < -0.3 is 10.6 Å². The number of nitrogens with zero attached hydrogens (tertiary/aromatic N) is 1. The number of carbonyl (C=O) groups is 2. The number of hydrogen-bond acceptors (Lipinski definition) is 4. The molecule has 0 spiro atoms. The summed E-state index contributed by atoms with van der Waals surface area (Å²) in [6, 6.07) is 24.0. The molecule has 156 valence electrons. The summed E-state index contributed by atoms with van der Waals surface area (Å²) in [5.74, 6) is -0.870. The fraction of sp³-hybridized carbons (Fsp3) is 0.0833. The van der Waals surface area contributed by atoms with Crippen LogP contribution in [0.25, 0.3) is 6.08 Å². The lowest BCUT2D eigenvalue weighted by Gasteiger charge is -2.11. The zero-order chi connectivity index (χ0) is 22.1. The van der Waals surface area contributed by atoms with E-state index in [1.54, 1.807) is 30.3 Å². The molecule has 0 saturated carbocycles. The van der Waals surface area contributed by atoms with Crippen LogP contribution in [0.2, 0.25) is 0 Å². The van der Waals surface area contributed by atoms with Crippen molar-refractivity contribution in [1.82, 2.24) is 10.6 Å². The van der Waals surface area contributed by atoms with E-state index >= 15 is 0 Å². The van der Waals surface area contributed by atoms with Crippen LogP contribution in [0.1, 0.15) is 21.5 Å². The molecular weight excluding hydrogens is 394 g/mol. The first kappa shape index (κ1) is 21.4. The first-order chi connectivity index (χ1) is 15.0. The van der Waals surface area contributed by atoms with Crippen LogP contribution in [0.3, 0.4) is 0 Å². The number of carbonyl (C=O) groups excluding carboxylic acids is 2. The predicted molar refractivity (Wildman–Crippen MR) is 118 cm³/mol. The minimum atomic E-state index is -0.498. The molecule has 2 amide bonds. The van der Waals surface area contributed by atoms with E-state index in [0.717, 1.165) is 5.56 Å². The molecule has 31 heavy (non-hydrogen) atoms.